The molecule has 0 aliphatic carbocycles. The number of hydrogen-bond acceptors (Lipinski definition) is 2. The smallest absolute Gasteiger partial charge is 0.265 e. The largest absolute Gasteiger partial charge is 0.279 e. The molecular weight excluding hydrogens is 411 g/mol. The molecule has 2 aromatic carbocycles. The van der Waals surface area contributed by atoms with Gasteiger partial charge in [-0.2, -0.15) is 0 Å². The molecule has 0 aliphatic heterocycles. The minimum absolute atomic E-state index is 0.0584. The van der Waals surface area contributed by atoms with Gasteiger partial charge >= 0.3 is 0 Å². The highest BCUT2D eigenvalue weighted by molar-refractivity contribution is 9.10. The van der Waals surface area contributed by atoms with Crippen molar-refractivity contribution in [2.75, 3.05) is 4.72 Å². The quantitative estimate of drug-likeness (QED) is 0.778. The second-order valence-electron chi connectivity index (χ2n) is 3.96. The first kappa shape index (κ1) is 16.5. The Morgan fingerprint density at radius 3 is 2.10 bits per heavy atom. The van der Waals surface area contributed by atoms with Crippen LogP contribution in [-0.4, -0.2) is 8.42 Å². The van der Waals surface area contributed by atoms with Crippen molar-refractivity contribution in [3.63, 3.8) is 0 Å². The van der Waals surface area contributed by atoms with Gasteiger partial charge in [0.15, 0.2) is 0 Å². The monoisotopic (exact) mass is 415 g/mol. The molecule has 0 saturated carbocycles. The van der Waals surface area contributed by atoms with Crippen LogP contribution in [-0.2, 0) is 10.0 Å². The highest BCUT2D eigenvalue weighted by atomic mass is 79.9. The molecule has 112 valence electrons. The van der Waals surface area contributed by atoms with Crippen LogP contribution in [0.3, 0.4) is 0 Å². The maximum absolute atomic E-state index is 13.7. The van der Waals surface area contributed by atoms with Gasteiger partial charge in [-0.25, -0.2) is 17.2 Å². The molecule has 0 radical (unpaired) electrons. The summed E-state index contributed by atoms with van der Waals surface area (Å²) in [6.45, 7) is 0. The lowest BCUT2D eigenvalue weighted by Gasteiger charge is -2.11. The zero-order valence-corrected chi connectivity index (χ0v) is 13.9. The summed E-state index contributed by atoms with van der Waals surface area (Å²) in [6.07, 6.45) is 0. The number of rotatable bonds is 3. The normalized spacial score (nSPS) is 11.5. The molecule has 2 rings (SSSR count). The van der Waals surface area contributed by atoms with Crippen LogP contribution in [0.15, 0.2) is 39.7 Å². The van der Waals surface area contributed by atoms with E-state index in [1.54, 1.807) is 0 Å². The van der Waals surface area contributed by atoms with Crippen LogP contribution in [0.1, 0.15) is 0 Å². The summed E-state index contributed by atoms with van der Waals surface area (Å²) >= 11 is 14.3. The van der Waals surface area contributed by atoms with Crippen LogP contribution < -0.4 is 4.72 Å². The van der Waals surface area contributed by atoms with Crippen LogP contribution >= 0.6 is 39.1 Å². The third-order valence-corrected chi connectivity index (χ3v) is 5.13. The van der Waals surface area contributed by atoms with E-state index in [0.717, 1.165) is 6.07 Å². The number of nitrogens with one attached hydrogen (secondary N) is 1. The van der Waals surface area contributed by atoms with E-state index in [4.69, 9.17) is 23.2 Å². The molecule has 0 fully saturated rings. The van der Waals surface area contributed by atoms with Crippen molar-refractivity contribution >= 4 is 54.8 Å². The van der Waals surface area contributed by atoms with E-state index in [1.165, 1.54) is 18.2 Å². The Hall–Kier alpha value is -0.890. The summed E-state index contributed by atoms with van der Waals surface area (Å²) in [6, 6.07) is 5.35. The van der Waals surface area contributed by atoms with E-state index >= 15 is 0 Å². The Balaban J connectivity index is 2.48. The van der Waals surface area contributed by atoms with Gasteiger partial charge in [0.25, 0.3) is 10.0 Å². The van der Waals surface area contributed by atoms with Gasteiger partial charge < -0.3 is 0 Å². The first-order valence-corrected chi connectivity index (χ1v) is 8.36. The maximum atomic E-state index is 13.7. The van der Waals surface area contributed by atoms with Crippen molar-refractivity contribution in [2.45, 2.75) is 4.90 Å². The van der Waals surface area contributed by atoms with Gasteiger partial charge in [-0.05, 0) is 40.2 Å². The number of hydrogen-bond donors (Lipinski definition) is 1. The van der Waals surface area contributed by atoms with E-state index in [1.807, 2.05) is 0 Å². The standard InChI is InChI=1S/C12H6BrCl2F2NO2S/c13-10-4-8(16)5-11(17)12(10)21(19,20)18-9-2-6(14)1-7(15)3-9/h1-5,18H. The second-order valence-corrected chi connectivity index (χ2v) is 7.31. The minimum Gasteiger partial charge on any atom is -0.279 e. The van der Waals surface area contributed by atoms with Gasteiger partial charge in [-0.1, -0.05) is 23.2 Å². The van der Waals surface area contributed by atoms with Gasteiger partial charge in [-0.15, -0.1) is 0 Å². The average Bonchev–Trinajstić information content (AvgIpc) is 2.23. The molecule has 0 atom stereocenters. The third-order valence-electron chi connectivity index (χ3n) is 2.35. The van der Waals surface area contributed by atoms with Crippen molar-refractivity contribution < 1.29 is 17.2 Å². The van der Waals surface area contributed by atoms with Crippen molar-refractivity contribution in [1.82, 2.24) is 0 Å². The van der Waals surface area contributed by atoms with Crippen LogP contribution in [0.2, 0.25) is 10.0 Å². The lowest BCUT2D eigenvalue weighted by Crippen LogP contribution is -2.15. The number of benzene rings is 2. The molecule has 3 nitrogen and oxygen atoms in total. The number of halogens is 5. The molecule has 21 heavy (non-hydrogen) atoms. The van der Waals surface area contributed by atoms with Gasteiger partial charge in [0, 0.05) is 20.6 Å². The third kappa shape index (κ3) is 3.85. The topological polar surface area (TPSA) is 46.2 Å². The van der Waals surface area contributed by atoms with E-state index in [9.17, 15) is 17.2 Å². The molecule has 9 heteroatoms. The molecule has 0 spiro atoms. The summed E-state index contributed by atoms with van der Waals surface area (Å²) in [4.78, 5) is -0.708. The zero-order valence-electron chi connectivity index (χ0n) is 10.0. The van der Waals surface area contributed by atoms with Crippen molar-refractivity contribution in [2.24, 2.45) is 0 Å². The van der Waals surface area contributed by atoms with Crippen LogP contribution in [0.5, 0.6) is 0 Å². The van der Waals surface area contributed by atoms with Crippen molar-refractivity contribution in [3.05, 3.63) is 56.5 Å². The highest BCUT2D eigenvalue weighted by Gasteiger charge is 2.24. The van der Waals surface area contributed by atoms with Gasteiger partial charge in [0.05, 0.1) is 5.69 Å². The lowest BCUT2D eigenvalue weighted by molar-refractivity contribution is 0.548. The van der Waals surface area contributed by atoms with Gasteiger partial charge in [0.1, 0.15) is 16.5 Å². The molecule has 0 bridgehead atoms. The molecule has 0 unspecified atom stereocenters. The molecule has 0 saturated heterocycles. The minimum atomic E-state index is -4.28. The SMILES string of the molecule is O=S(=O)(Nc1cc(Cl)cc(Cl)c1)c1c(F)cc(F)cc1Br. The second kappa shape index (κ2) is 6.08. The Bertz CT molecular complexity index is 772. The summed E-state index contributed by atoms with van der Waals surface area (Å²) in [7, 11) is -4.28. The van der Waals surface area contributed by atoms with E-state index in [0.29, 0.717) is 6.07 Å². The molecule has 2 aromatic rings. The fourth-order valence-electron chi connectivity index (χ4n) is 1.60. The Kier molecular flexibility index (Phi) is 4.77. The molecule has 0 heterocycles. The van der Waals surface area contributed by atoms with Crippen molar-refractivity contribution in [3.8, 4) is 0 Å². The Labute approximate surface area is 138 Å². The summed E-state index contributed by atoms with van der Waals surface area (Å²) in [5.74, 6) is -2.12. The predicted molar refractivity (Wildman–Crippen MR) is 81.3 cm³/mol. The Morgan fingerprint density at radius 2 is 1.57 bits per heavy atom. The fourth-order valence-corrected chi connectivity index (χ4v) is 4.34. The van der Waals surface area contributed by atoms with E-state index < -0.39 is 26.6 Å². The predicted octanol–water partition coefficient (Wildman–Crippen LogP) is 4.83. The highest BCUT2D eigenvalue weighted by Crippen LogP contribution is 2.29. The molecular formula is C12H6BrCl2F2NO2S. The number of sulfonamides is 1. The van der Waals surface area contributed by atoms with Crippen LogP contribution in [0.4, 0.5) is 14.5 Å². The maximum Gasteiger partial charge on any atom is 0.265 e. The van der Waals surface area contributed by atoms with E-state index in [2.05, 4.69) is 20.7 Å². The molecule has 0 aliphatic rings. The van der Waals surface area contributed by atoms with E-state index in [-0.39, 0.29) is 20.2 Å². The summed E-state index contributed by atoms with van der Waals surface area (Å²) in [5, 5.41) is 0.415. The molecule has 1 N–H and O–H groups in total. The number of anilines is 1. The molecule has 0 aromatic heterocycles. The fraction of sp³-hybridized carbons (Fsp3) is 0. The Morgan fingerprint density at radius 1 is 1.00 bits per heavy atom. The van der Waals surface area contributed by atoms with Crippen LogP contribution in [0.25, 0.3) is 0 Å². The zero-order chi connectivity index (χ0) is 15.8. The first-order chi connectivity index (χ1) is 9.69. The van der Waals surface area contributed by atoms with Gasteiger partial charge in [-0.3, -0.25) is 4.72 Å². The molecule has 0 amide bonds. The first-order valence-electron chi connectivity index (χ1n) is 5.32. The lowest BCUT2D eigenvalue weighted by atomic mass is 10.3. The average molecular weight is 417 g/mol. The van der Waals surface area contributed by atoms with Crippen LogP contribution in [0, 0.1) is 11.6 Å². The van der Waals surface area contributed by atoms with Crippen molar-refractivity contribution in [1.29, 1.82) is 0 Å². The summed E-state index contributed by atoms with van der Waals surface area (Å²) < 4.78 is 53.0. The van der Waals surface area contributed by atoms with Gasteiger partial charge in [0.2, 0.25) is 0 Å². The summed E-state index contributed by atoms with van der Waals surface area (Å²) in [5.41, 5.74) is 0.0584.